The third-order valence-corrected chi connectivity index (χ3v) is 6.44. The van der Waals surface area contributed by atoms with Crippen molar-refractivity contribution in [3.05, 3.63) is 87.4 Å². The second kappa shape index (κ2) is 10.6. The Hall–Kier alpha value is -3.51. The van der Waals surface area contributed by atoms with Gasteiger partial charge in [-0.1, -0.05) is 53.5 Å². The molecule has 0 aliphatic rings. The number of benzene rings is 3. The topological polar surface area (TPSA) is 105 Å². The van der Waals surface area contributed by atoms with E-state index in [-0.39, 0.29) is 27.0 Å². The van der Waals surface area contributed by atoms with Crippen molar-refractivity contribution in [1.82, 2.24) is 0 Å². The molecule has 1 N–H and O–H groups in total. The van der Waals surface area contributed by atoms with Gasteiger partial charge in [-0.05, 0) is 54.5 Å². The molecule has 1 amide bonds. The zero-order valence-electron chi connectivity index (χ0n) is 18.0. The van der Waals surface area contributed by atoms with E-state index in [9.17, 15) is 18.5 Å². The molecule has 10 heteroatoms. The first-order valence-corrected chi connectivity index (χ1v) is 11.9. The van der Waals surface area contributed by atoms with Crippen LogP contribution in [0, 0.1) is 18.3 Å². The van der Waals surface area contributed by atoms with Crippen molar-refractivity contribution in [1.29, 1.82) is 5.26 Å². The summed E-state index contributed by atoms with van der Waals surface area (Å²) in [5.74, 6) is -0.904. The second-order valence-electron chi connectivity index (χ2n) is 6.94. The first-order valence-electron chi connectivity index (χ1n) is 9.71. The number of nitrogens with zero attached hydrogens (tertiary/aromatic N) is 1. The maximum absolute atomic E-state index is 12.7. The van der Waals surface area contributed by atoms with E-state index >= 15 is 0 Å². The first-order chi connectivity index (χ1) is 16.2. The molecule has 0 aliphatic carbocycles. The number of hydrogen-bond donors (Lipinski definition) is 1. The van der Waals surface area contributed by atoms with Gasteiger partial charge in [0, 0.05) is 0 Å². The molecule has 0 radical (unpaired) electrons. The summed E-state index contributed by atoms with van der Waals surface area (Å²) in [5.41, 5.74) is 1.20. The third kappa shape index (κ3) is 5.69. The van der Waals surface area contributed by atoms with Crippen molar-refractivity contribution in [3.8, 4) is 17.6 Å². The number of nitrogens with one attached hydrogen (secondary N) is 1. The summed E-state index contributed by atoms with van der Waals surface area (Å²) in [4.78, 5) is 12.6. The number of nitriles is 1. The molecule has 3 aromatic carbocycles. The number of ether oxygens (including phenoxy) is 1. The SMILES string of the molecule is COc1cc(/C=C(\C#N)C(=O)Nc2c(C)cccc2Cl)cc(Cl)c1OS(=O)(=O)c1ccccc1. The van der Waals surface area contributed by atoms with Gasteiger partial charge in [0.1, 0.15) is 16.5 Å². The number of aryl methyl sites for hydroxylation is 1. The van der Waals surface area contributed by atoms with Crippen LogP contribution in [-0.2, 0) is 14.9 Å². The lowest BCUT2D eigenvalue weighted by Gasteiger charge is -2.13. The summed E-state index contributed by atoms with van der Waals surface area (Å²) < 4.78 is 35.7. The molecule has 0 saturated carbocycles. The number of anilines is 1. The van der Waals surface area contributed by atoms with Gasteiger partial charge in [0.2, 0.25) is 5.75 Å². The van der Waals surface area contributed by atoms with Crippen molar-refractivity contribution in [2.24, 2.45) is 0 Å². The minimum Gasteiger partial charge on any atom is -0.493 e. The highest BCUT2D eigenvalue weighted by Crippen LogP contribution is 2.39. The molecular weight excluding hydrogens is 499 g/mol. The van der Waals surface area contributed by atoms with Gasteiger partial charge in [0.25, 0.3) is 5.91 Å². The van der Waals surface area contributed by atoms with E-state index in [1.54, 1.807) is 43.3 Å². The van der Waals surface area contributed by atoms with Crippen LogP contribution in [0.5, 0.6) is 11.5 Å². The third-order valence-electron chi connectivity index (χ3n) is 4.61. The van der Waals surface area contributed by atoms with E-state index in [0.717, 1.165) is 5.56 Å². The molecule has 0 spiro atoms. The van der Waals surface area contributed by atoms with E-state index in [1.807, 2.05) is 6.07 Å². The molecule has 0 bridgehead atoms. The highest BCUT2D eigenvalue weighted by Gasteiger charge is 2.22. The Bertz CT molecular complexity index is 1400. The summed E-state index contributed by atoms with van der Waals surface area (Å²) in [6, 6.07) is 17.3. The van der Waals surface area contributed by atoms with Crippen LogP contribution < -0.4 is 14.2 Å². The monoisotopic (exact) mass is 516 g/mol. The van der Waals surface area contributed by atoms with Gasteiger partial charge in [-0.15, -0.1) is 0 Å². The number of hydrogen-bond acceptors (Lipinski definition) is 6. The minimum absolute atomic E-state index is 0.00194. The lowest BCUT2D eigenvalue weighted by atomic mass is 10.1. The maximum atomic E-state index is 12.7. The lowest BCUT2D eigenvalue weighted by molar-refractivity contribution is -0.112. The number of rotatable bonds is 7. The summed E-state index contributed by atoms with van der Waals surface area (Å²) >= 11 is 12.4. The van der Waals surface area contributed by atoms with Crippen LogP contribution in [0.25, 0.3) is 6.08 Å². The number of methoxy groups -OCH3 is 1. The molecule has 0 fully saturated rings. The Labute approximate surface area is 207 Å². The Kier molecular flexibility index (Phi) is 7.84. The zero-order valence-corrected chi connectivity index (χ0v) is 20.3. The number of carbonyl (C=O) groups excluding carboxylic acids is 1. The summed E-state index contributed by atoms with van der Waals surface area (Å²) in [6.45, 7) is 1.77. The Morgan fingerprint density at radius 1 is 1.06 bits per heavy atom. The van der Waals surface area contributed by atoms with Crippen molar-refractivity contribution in [2.45, 2.75) is 11.8 Å². The Morgan fingerprint density at radius 2 is 1.76 bits per heavy atom. The molecule has 0 unspecified atom stereocenters. The van der Waals surface area contributed by atoms with Gasteiger partial charge in [0.15, 0.2) is 5.75 Å². The number of halogens is 2. The van der Waals surface area contributed by atoms with Crippen molar-refractivity contribution in [2.75, 3.05) is 12.4 Å². The summed E-state index contributed by atoms with van der Waals surface area (Å²) in [6.07, 6.45) is 1.28. The van der Waals surface area contributed by atoms with Gasteiger partial charge >= 0.3 is 10.1 Å². The lowest BCUT2D eigenvalue weighted by Crippen LogP contribution is -2.14. The number of carbonyl (C=O) groups is 1. The van der Waals surface area contributed by atoms with Crippen LogP contribution in [0.1, 0.15) is 11.1 Å². The molecule has 0 heterocycles. The van der Waals surface area contributed by atoms with Crippen LogP contribution in [0.3, 0.4) is 0 Å². The fourth-order valence-electron chi connectivity index (χ4n) is 2.94. The van der Waals surface area contributed by atoms with Crippen LogP contribution in [0.15, 0.2) is 71.1 Å². The Morgan fingerprint density at radius 3 is 2.38 bits per heavy atom. The van der Waals surface area contributed by atoms with Crippen LogP contribution in [0.4, 0.5) is 5.69 Å². The largest absolute Gasteiger partial charge is 0.493 e. The maximum Gasteiger partial charge on any atom is 0.339 e. The highest BCUT2D eigenvalue weighted by atomic mass is 35.5. The second-order valence-corrected chi connectivity index (χ2v) is 9.30. The normalized spacial score (nSPS) is 11.4. The van der Waals surface area contributed by atoms with Crippen molar-refractivity contribution < 1.29 is 22.1 Å². The zero-order chi connectivity index (χ0) is 24.9. The number of para-hydroxylation sites is 1. The van der Waals surface area contributed by atoms with Crippen LogP contribution in [0.2, 0.25) is 10.0 Å². The smallest absolute Gasteiger partial charge is 0.339 e. The van der Waals surface area contributed by atoms with Gasteiger partial charge in [-0.3, -0.25) is 4.79 Å². The summed E-state index contributed by atoms with van der Waals surface area (Å²) in [7, 11) is -2.87. The predicted octanol–water partition coefficient (Wildman–Crippen LogP) is 5.62. The van der Waals surface area contributed by atoms with E-state index in [2.05, 4.69) is 5.32 Å². The van der Waals surface area contributed by atoms with Gasteiger partial charge in [0.05, 0.1) is 22.8 Å². The van der Waals surface area contributed by atoms with Gasteiger partial charge < -0.3 is 14.2 Å². The first kappa shape index (κ1) is 25.1. The van der Waals surface area contributed by atoms with E-state index in [4.69, 9.17) is 32.1 Å². The van der Waals surface area contributed by atoms with E-state index in [0.29, 0.717) is 16.3 Å². The fraction of sp³-hybridized carbons (Fsp3) is 0.0833. The summed E-state index contributed by atoms with van der Waals surface area (Å²) in [5, 5.41) is 12.4. The molecule has 3 rings (SSSR count). The molecule has 0 saturated heterocycles. The van der Waals surface area contributed by atoms with Gasteiger partial charge in [-0.2, -0.15) is 13.7 Å². The van der Waals surface area contributed by atoms with Crippen molar-refractivity contribution in [3.63, 3.8) is 0 Å². The van der Waals surface area contributed by atoms with Gasteiger partial charge in [-0.25, -0.2) is 0 Å². The number of amides is 1. The van der Waals surface area contributed by atoms with Crippen molar-refractivity contribution >= 4 is 51.0 Å². The van der Waals surface area contributed by atoms with Crippen LogP contribution >= 0.6 is 23.2 Å². The predicted molar refractivity (Wildman–Crippen MR) is 131 cm³/mol. The highest BCUT2D eigenvalue weighted by molar-refractivity contribution is 7.87. The molecule has 3 aromatic rings. The Balaban J connectivity index is 1.93. The molecule has 0 aliphatic heterocycles. The average molecular weight is 517 g/mol. The molecule has 174 valence electrons. The molecule has 7 nitrogen and oxygen atoms in total. The standard InChI is InChI=1S/C24H18Cl2N2O5S/c1-15-7-6-10-19(25)22(15)28-24(29)17(14-27)11-16-12-20(26)23(21(13-16)32-2)33-34(30,31)18-8-4-3-5-9-18/h3-13H,1-2H3,(H,28,29)/b17-11+. The molecule has 34 heavy (non-hydrogen) atoms. The van der Waals surface area contributed by atoms with E-state index in [1.165, 1.54) is 37.5 Å². The minimum atomic E-state index is -4.17. The quantitative estimate of drug-likeness (QED) is 0.248. The fourth-order valence-corrected chi connectivity index (χ4v) is 4.49. The molecule has 0 atom stereocenters. The van der Waals surface area contributed by atoms with Crippen LogP contribution in [-0.4, -0.2) is 21.4 Å². The average Bonchev–Trinajstić information content (AvgIpc) is 2.81. The van der Waals surface area contributed by atoms with E-state index < -0.39 is 16.0 Å². The molecule has 0 aromatic heterocycles. The molecular formula is C24H18Cl2N2O5S.